The van der Waals surface area contributed by atoms with E-state index in [1.165, 1.54) is 0 Å². The summed E-state index contributed by atoms with van der Waals surface area (Å²) in [6.07, 6.45) is 0. The number of hydrogen-bond acceptors (Lipinski definition) is 6. The monoisotopic (exact) mass is 474 g/mol. The summed E-state index contributed by atoms with van der Waals surface area (Å²) in [6, 6.07) is 22.5. The highest BCUT2D eigenvalue weighted by Crippen LogP contribution is 2.29. The third-order valence-corrected chi connectivity index (χ3v) is 5.87. The number of nitrogens with one attached hydrogen (secondary N) is 1. The molecule has 8 nitrogen and oxygen atoms in total. The van der Waals surface area contributed by atoms with Gasteiger partial charge in [-0.15, -0.1) is 0 Å². The zero-order valence-electron chi connectivity index (χ0n) is 20.2. The molecule has 4 rings (SSSR count). The molecule has 0 saturated carbocycles. The van der Waals surface area contributed by atoms with Gasteiger partial charge in [-0.3, -0.25) is 10.1 Å². The van der Waals surface area contributed by atoms with Crippen molar-refractivity contribution in [1.82, 2.24) is 10.2 Å². The fourth-order valence-corrected chi connectivity index (χ4v) is 4.00. The number of ether oxygens (including phenoxy) is 3. The van der Waals surface area contributed by atoms with Crippen molar-refractivity contribution < 1.29 is 19.0 Å². The third-order valence-electron chi connectivity index (χ3n) is 5.87. The van der Waals surface area contributed by atoms with E-state index in [1.54, 1.807) is 45.6 Å². The van der Waals surface area contributed by atoms with Crippen molar-refractivity contribution in [2.75, 3.05) is 52.4 Å². The predicted molar refractivity (Wildman–Crippen MR) is 137 cm³/mol. The summed E-state index contributed by atoms with van der Waals surface area (Å²) in [5.74, 6) is 2.31. The zero-order chi connectivity index (χ0) is 24.6. The number of guanidine groups is 1. The minimum absolute atomic E-state index is 0.260. The quantitative estimate of drug-likeness (QED) is 0.431. The molecule has 0 bridgehead atoms. The van der Waals surface area contributed by atoms with Crippen molar-refractivity contribution >= 4 is 23.2 Å². The second kappa shape index (κ2) is 11.3. The van der Waals surface area contributed by atoms with Crippen molar-refractivity contribution in [3.8, 4) is 17.2 Å². The van der Waals surface area contributed by atoms with Crippen molar-refractivity contribution in [2.24, 2.45) is 4.99 Å². The first-order valence-electron chi connectivity index (χ1n) is 11.4. The molecule has 0 radical (unpaired) electrons. The van der Waals surface area contributed by atoms with Crippen molar-refractivity contribution in [3.63, 3.8) is 0 Å². The van der Waals surface area contributed by atoms with Gasteiger partial charge in [-0.05, 0) is 42.5 Å². The minimum atomic E-state index is -0.260. The summed E-state index contributed by atoms with van der Waals surface area (Å²) in [4.78, 5) is 22.3. The SMILES string of the molecule is COc1cccc(C(=O)NC(=Nc2ccccc2OC)N2CCN(c3ccccc3OC)CC2)c1. The Bertz CT molecular complexity index is 1190. The lowest BCUT2D eigenvalue weighted by Gasteiger charge is -2.38. The number of hydrogen-bond donors (Lipinski definition) is 1. The average Bonchev–Trinajstić information content (AvgIpc) is 2.93. The molecule has 0 aliphatic carbocycles. The number of aliphatic imine (C=N–C) groups is 1. The Hall–Kier alpha value is -4.20. The van der Waals surface area contributed by atoms with E-state index in [0.717, 1.165) is 24.5 Å². The Morgan fingerprint density at radius 1 is 0.800 bits per heavy atom. The number of amides is 1. The zero-order valence-corrected chi connectivity index (χ0v) is 20.2. The number of carbonyl (C=O) groups excluding carboxylic acids is 1. The van der Waals surface area contributed by atoms with Crippen LogP contribution < -0.4 is 24.4 Å². The molecule has 3 aromatic carbocycles. The summed E-state index contributed by atoms with van der Waals surface area (Å²) in [5.41, 5.74) is 2.19. The number of nitrogens with zero attached hydrogens (tertiary/aromatic N) is 3. The van der Waals surface area contributed by atoms with Gasteiger partial charge < -0.3 is 24.0 Å². The molecule has 182 valence electrons. The van der Waals surface area contributed by atoms with Crippen molar-refractivity contribution in [2.45, 2.75) is 0 Å². The van der Waals surface area contributed by atoms with E-state index in [2.05, 4.69) is 21.2 Å². The average molecular weight is 475 g/mol. The van der Waals surface area contributed by atoms with Gasteiger partial charge in [0.2, 0.25) is 5.96 Å². The number of methoxy groups -OCH3 is 3. The second-order valence-corrected chi connectivity index (χ2v) is 7.94. The highest BCUT2D eigenvalue weighted by molar-refractivity contribution is 6.06. The Balaban J connectivity index is 1.58. The number of anilines is 1. The van der Waals surface area contributed by atoms with Gasteiger partial charge in [0.1, 0.15) is 22.9 Å². The van der Waals surface area contributed by atoms with E-state index in [9.17, 15) is 4.79 Å². The minimum Gasteiger partial charge on any atom is -0.497 e. The van der Waals surface area contributed by atoms with Crippen LogP contribution in [-0.2, 0) is 0 Å². The topological polar surface area (TPSA) is 75.6 Å². The van der Waals surface area contributed by atoms with Gasteiger partial charge in [0.25, 0.3) is 5.91 Å². The van der Waals surface area contributed by atoms with Gasteiger partial charge in [-0.1, -0.05) is 30.3 Å². The fraction of sp³-hybridized carbons (Fsp3) is 0.259. The van der Waals surface area contributed by atoms with Crippen LogP contribution in [0.1, 0.15) is 10.4 Å². The molecule has 35 heavy (non-hydrogen) atoms. The van der Waals surface area contributed by atoms with E-state index in [-0.39, 0.29) is 5.91 Å². The van der Waals surface area contributed by atoms with Crippen LogP contribution in [0.5, 0.6) is 17.2 Å². The molecular weight excluding hydrogens is 444 g/mol. The summed E-state index contributed by atoms with van der Waals surface area (Å²) >= 11 is 0. The van der Waals surface area contributed by atoms with Crippen LogP contribution in [-0.4, -0.2) is 64.3 Å². The van der Waals surface area contributed by atoms with E-state index in [4.69, 9.17) is 19.2 Å². The lowest BCUT2D eigenvalue weighted by molar-refractivity contribution is 0.0971. The summed E-state index contributed by atoms with van der Waals surface area (Å²) in [6.45, 7) is 2.84. The molecule has 0 unspecified atom stereocenters. The molecule has 1 amide bonds. The molecule has 8 heteroatoms. The third kappa shape index (κ3) is 5.66. The molecule has 1 N–H and O–H groups in total. The first-order valence-corrected chi connectivity index (χ1v) is 11.4. The lowest BCUT2D eigenvalue weighted by atomic mass is 10.2. The Morgan fingerprint density at radius 3 is 2.20 bits per heavy atom. The number of para-hydroxylation sites is 4. The normalized spacial score (nSPS) is 13.9. The van der Waals surface area contributed by atoms with Gasteiger partial charge in [0.15, 0.2) is 0 Å². The summed E-state index contributed by atoms with van der Waals surface area (Å²) in [5, 5.41) is 3.01. The van der Waals surface area contributed by atoms with E-state index in [0.29, 0.717) is 41.8 Å². The first kappa shape index (κ1) is 23.9. The molecule has 0 spiro atoms. The molecular formula is C27H30N4O4. The first-order chi connectivity index (χ1) is 17.1. The number of rotatable bonds is 6. The fourth-order valence-electron chi connectivity index (χ4n) is 4.00. The van der Waals surface area contributed by atoms with E-state index >= 15 is 0 Å². The Morgan fingerprint density at radius 2 is 1.49 bits per heavy atom. The largest absolute Gasteiger partial charge is 0.497 e. The molecule has 3 aromatic rings. The van der Waals surface area contributed by atoms with Crippen LogP contribution in [0.25, 0.3) is 0 Å². The standard InChI is InChI=1S/C27H30N4O4/c1-33-21-10-8-9-20(19-21)26(32)29-27(28-22-11-4-6-13-24(22)34-2)31-17-15-30(16-18-31)23-12-5-7-14-25(23)35-3/h4-14,19H,15-18H2,1-3H3,(H,28,29,32). The van der Waals surface area contributed by atoms with Gasteiger partial charge in [-0.25, -0.2) is 4.99 Å². The molecule has 1 heterocycles. The van der Waals surface area contributed by atoms with Crippen LogP contribution >= 0.6 is 0 Å². The summed E-state index contributed by atoms with van der Waals surface area (Å²) in [7, 11) is 4.86. The van der Waals surface area contributed by atoms with E-state index in [1.807, 2.05) is 42.5 Å². The van der Waals surface area contributed by atoms with Gasteiger partial charge in [-0.2, -0.15) is 0 Å². The molecule has 1 aliphatic rings. The van der Waals surface area contributed by atoms with Crippen LogP contribution in [0.2, 0.25) is 0 Å². The van der Waals surface area contributed by atoms with Crippen molar-refractivity contribution in [1.29, 1.82) is 0 Å². The van der Waals surface area contributed by atoms with Crippen LogP contribution in [0, 0.1) is 0 Å². The lowest BCUT2D eigenvalue weighted by Crippen LogP contribution is -2.53. The maximum absolute atomic E-state index is 13.1. The Labute approximate surface area is 205 Å². The summed E-state index contributed by atoms with van der Waals surface area (Å²) < 4.78 is 16.3. The molecule has 0 aromatic heterocycles. The Kier molecular flexibility index (Phi) is 7.72. The predicted octanol–water partition coefficient (Wildman–Crippen LogP) is 3.95. The van der Waals surface area contributed by atoms with Crippen LogP contribution in [0.4, 0.5) is 11.4 Å². The number of carbonyl (C=O) groups is 1. The van der Waals surface area contributed by atoms with Crippen molar-refractivity contribution in [3.05, 3.63) is 78.4 Å². The van der Waals surface area contributed by atoms with Crippen LogP contribution in [0.3, 0.4) is 0 Å². The van der Waals surface area contributed by atoms with Crippen LogP contribution in [0.15, 0.2) is 77.8 Å². The number of benzene rings is 3. The maximum atomic E-state index is 13.1. The highest BCUT2D eigenvalue weighted by atomic mass is 16.5. The molecule has 1 saturated heterocycles. The van der Waals surface area contributed by atoms with E-state index < -0.39 is 0 Å². The van der Waals surface area contributed by atoms with Gasteiger partial charge in [0, 0.05) is 31.7 Å². The van der Waals surface area contributed by atoms with Gasteiger partial charge in [0.05, 0.1) is 27.0 Å². The molecule has 1 fully saturated rings. The molecule has 0 atom stereocenters. The smallest absolute Gasteiger partial charge is 0.258 e. The molecule has 1 aliphatic heterocycles. The maximum Gasteiger partial charge on any atom is 0.258 e. The van der Waals surface area contributed by atoms with Gasteiger partial charge >= 0.3 is 0 Å². The highest BCUT2D eigenvalue weighted by Gasteiger charge is 2.24. The second-order valence-electron chi connectivity index (χ2n) is 7.94. The number of piperazine rings is 1.